The highest BCUT2D eigenvalue weighted by Gasteiger charge is 2.41. The van der Waals surface area contributed by atoms with Crippen LogP contribution in [0, 0.1) is 6.92 Å². The standard InChI is InChI=1S/C22H25N5O6S/c1-13-9-15(33-24-13)12-27-20(29)17-10-16(34(31,32)25-22(2)7-8-22)4-5-18(17)26(21(27)30)11-14-3-6-19(28)23-14/h4-5,9-10,14,25H,3,6-8,11-12H2,1-2H3,(H,23,28). The number of aromatic nitrogens is 3. The highest BCUT2D eigenvalue weighted by Crippen LogP contribution is 2.36. The van der Waals surface area contributed by atoms with E-state index in [0.29, 0.717) is 29.8 Å². The first-order valence-electron chi connectivity index (χ1n) is 11.1. The van der Waals surface area contributed by atoms with Crippen LogP contribution in [0.5, 0.6) is 0 Å². The lowest BCUT2D eigenvalue weighted by Crippen LogP contribution is -2.43. The molecule has 2 N–H and O–H groups in total. The molecule has 34 heavy (non-hydrogen) atoms. The van der Waals surface area contributed by atoms with Crippen molar-refractivity contribution in [3.8, 4) is 0 Å². The van der Waals surface area contributed by atoms with Crippen molar-refractivity contribution in [2.45, 2.75) is 69.1 Å². The van der Waals surface area contributed by atoms with Gasteiger partial charge in [0.1, 0.15) is 0 Å². The van der Waals surface area contributed by atoms with Gasteiger partial charge in [0.05, 0.1) is 28.0 Å². The number of aryl methyl sites for hydroxylation is 1. The van der Waals surface area contributed by atoms with E-state index in [4.69, 9.17) is 4.52 Å². The largest absolute Gasteiger partial charge is 0.359 e. The molecule has 2 aromatic heterocycles. The molecule has 2 aliphatic rings. The molecule has 1 saturated carbocycles. The van der Waals surface area contributed by atoms with E-state index in [2.05, 4.69) is 15.2 Å². The lowest BCUT2D eigenvalue weighted by Gasteiger charge is -2.18. The summed E-state index contributed by atoms with van der Waals surface area (Å²) >= 11 is 0. The topological polar surface area (TPSA) is 145 Å². The van der Waals surface area contributed by atoms with Gasteiger partial charge in [-0.25, -0.2) is 17.9 Å². The van der Waals surface area contributed by atoms with Gasteiger partial charge in [-0.2, -0.15) is 0 Å². The Hall–Kier alpha value is -3.25. The highest BCUT2D eigenvalue weighted by molar-refractivity contribution is 7.89. The zero-order chi connectivity index (χ0) is 24.3. The number of hydrogen-bond acceptors (Lipinski definition) is 7. The summed E-state index contributed by atoms with van der Waals surface area (Å²) in [6, 6.07) is 5.52. The number of amides is 1. The lowest BCUT2D eigenvalue weighted by atomic mass is 10.2. The summed E-state index contributed by atoms with van der Waals surface area (Å²) in [6.45, 7) is 3.55. The van der Waals surface area contributed by atoms with Crippen molar-refractivity contribution >= 4 is 26.8 Å². The minimum Gasteiger partial charge on any atom is -0.359 e. The minimum atomic E-state index is -3.86. The molecular formula is C22H25N5O6S. The van der Waals surface area contributed by atoms with Crippen LogP contribution in [0.15, 0.2) is 43.3 Å². The fourth-order valence-corrected chi connectivity index (χ4v) is 5.73. The molecule has 1 aliphatic heterocycles. The van der Waals surface area contributed by atoms with Gasteiger partial charge in [-0.3, -0.25) is 18.7 Å². The van der Waals surface area contributed by atoms with E-state index < -0.39 is 26.8 Å². The Morgan fingerprint density at radius 1 is 1.21 bits per heavy atom. The summed E-state index contributed by atoms with van der Waals surface area (Å²) < 4.78 is 36.1. The van der Waals surface area contributed by atoms with Crippen molar-refractivity contribution in [2.24, 2.45) is 0 Å². The average Bonchev–Trinajstić information content (AvgIpc) is 3.14. The molecule has 0 bridgehead atoms. The van der Waals surface area contributed by atoms with Crippen molar-refractivity contribution in [3.05, 3.63) is 56.6 Å². The van der Waals surface area contributed by atoms with Crippen molar-refractivity contribution in [2.75, 3.05) is 0 Å². The molecule has 2 fully saturated rings. The molecule has 1 unspecified atom stereocenters. The van der Waals surface area contributed by atoms with Crippen LogP contribution in [0.25, 0.3) is 10.9 Å². The molecular weight excluding hydrogens is 462 g/mol. The molecule has 1 atom stereocenters. The molecule has 12 heteroatoms. The van der Waals surface area contributed by atoms with E-state index in [-0.39, 0.29) is 35.3 Å². The Morgan fingerprint density at radius 3 is 2.59 bits per heavy atom. The zero-order valence-electron chi connectivity index (χ0n) is 18.8. The summed E-state index contributed by atoms with van der Waals surface area (Å²) in [4.78, 5) is 38.4. The van der Waals surface area contributed by atoms with Crippen molar-refractivity contribution < 1.29 is 17.7 Å². The molecule has 11 nitrogen and oxygen atoms in total. The first-order valence-corrected chi connectivity index (χ1v) is 12.6. The summed E-state index contributed by atoms with van der Waals surface area (Å²) in [5, 5.41) is 6.72. The van der Waals surface area contributed by atoms with E-state index >= 15 is 0 Å². The van der Waals surface area contributed by atoms with Crippen LogP contribution in [-0.2, 0) is 27.9 Å². The molecule has 5 rings (SSSR count). The van der Waals surface area contributed by atoms with E-state index in [1.165, 1.54) is 22.8 Å². The Bertz CT molecular complexity index is 1530. The fraction of sp³-hybridized carbons (Fsp3) is 0.455. The van der Waals surface area contributed by atoms with Gasteiger partial charge >= 0.3 is 5.69 Å². The molecule has 3 heterocycles. The van der Waals surface area contributed by atoms with Crippen molar-refractivity contribution in [1.82, 2.24) is 24.3 Å². The summed E-state index contributed by atoms with van der Waals surface area (Å²) in [6.07, 6.45) is 2.41. The number of carbonyl (C=O) groups is 1. The first kappa shape index (κ1) is 22.5. The number of hydrogen-bond donors (Lipinski definition) is 2. The predicted molar refractivity (Wildman–Crippen MR) is 122 cm³/mol. The number of sulfonamides is 1. The maximum atomic E-state index is 13.4. The smallest absolute Gasteiger partial charge is 0.331 e. The van der Waals surface area contributed by atoms with Gasteiger partial charge in [-0.05, 0) is 51.3 Å². The molecule has 0 spiro atoms. The van der Waals surface area contributed by atoms with Crippen LogP contribution < -0.4 is 21.3 Å². The van der Waals surface area contributed by atoms with Gasteiger partial charge in [0, 0.05) is 30.6 Å². The molecule has 1 aromatic carbocycles. The van der Waals surface area contributed by atoms with Crippen molar-refractivity contribution in [1.29, 1.82) is 0 Å². The number of nitrogens with one attached hydrogen (secondary N) is 2. The Morgan fingerprint density at radius 2 is 1.97 bits per heavy atom. The van der Waals surface area contributed by atoms with E-state index in [9.17, 15) is 22.8 Å². The van der Waals surface area contributed by atoms with Crippen LogP contribution in [0.4, 0.5) is 0 Å². The SMILES string of the molecule is Cc1cc(Cn2c(=O)c3cc(S(=O)(=O)NC4(C)CC4)ccc3n(CC3CCC(=O)N3)c2=O)on1. The van der Waals surface area contributed by atoms with Gasteiger partial charge in [-0.1, -0.05) is 5.16 Å². The second-order valence-electron chi connectivity index (χ2n) is 9.37. The van der Waals surface area contributed by atoms with Gasteiger partial charge in [0.2, 0.25) is 15.9 Å². The average molecular weight is 488 g/mol. The van der Waals surface area contributed by atoms with E-state index in [1.807, 2.05) is 6.92 Å². The minimum absolute atomic E-state index is 0.0494. The van der Waals surface area contributed by atoms with Gasteiger partial charge in [-0.15, -0.1) is 0 Å². The third-order valence-corrected chi connectivity index (χ3v) is 8.00. The molecule has 180 valence electrons. The molecule has 0 radical (unpaired) electrons. The van der Waals surface area contributed by atoms with Crippen LogP contribution in [0.1, 0.15) is 44.1 Å². The summed E-state index contributed by atoms with van der Waals surface area (Å²) in [5.74, 6) is 0.227. The van der Waals surface area contributed by atoms with Gasteiger partial charge < -0.3 is 9.84 Å². The monoisotopic (exact) mass is 487 g/mol. The summed E-state index contributed by atoms with van der Waals surface area (Å²) in [5.41, 5.74) is -0.775. The predicted octanol–water partition coefficient (Wildman–Crippen LogP) is 0.617. The third-order valence-electron chi connectivity index (χ3n) is 6.37. The Labute approximate surface area is 194 Å². The Balaban J connectivity index is 1.66. The van der Waals surface area contributed by atoms with Crippen LogP contribution in [-0.4, -0.2) is 40.2 Å². The Kier molecular flexibility index (Phi) is 5.24. The number of benzene rings is 1. The zero-order valence-corrected chi connectivity index (χ0v) is 19.6. The van der Waals surface area contributed by atoms with Crippen LogP contribution in [0.2, 0.25) is 0 Å². The molecule has 3 aromatic rings. The summed E-state index contributed by atoms with van der Waals surface area (Å²) in [7, 11) is -3.86. The third kappa shape index (κ3) is 4.18. The maximum Gasteiger partial charge on any atom is 0.331 e. The normalized spacial score (nSPS) is 19.5. The van der Waals surface area contributed by atoms with E-state index in [1.54, 1.807) is 13.0 Å². The van der Waals surface area contributed by atoms with Crippen LogP contribution in [0.3, 0.4) is 0 Å². The number of carbonyl (C=O) groups excluding carboxylic acids is 1. The van der Waals surface area contributed by atoms with Gasteiger partial charge in [0.25, 0.3) is 5.56 Å². The molecule has 1 aliphatic carbocycles. The van der Waals surface area contributed by atoms with Crippen molar-refractivity contribution in [3.63, 3.8) is 0 Å². The van der Waals surface area contributed by atoms with Gasteiger partial charge in [0.15, 0.2) is 5.76 Å². The molecule has 1 saturated heterocycles. The maximum absolute atomic E-state index is 13.4. The van der Waals surface area contributed by atoms with E-state index in [0.717, 1.165) is 17.4 Å². The highest BCUT2D eigenvalue weighted by atomic mass is 32.2. The number of fused-ring (bicyclic) bond motifs is 1. The second kappa shape index (κ2) is 7.91. The molecule has 1 amide bonds. The number of rotatable bonds is 7. The first-order chi connectivity index (χ1) is 16.0. The number of nitrogens with zero attached hydrogens (tertiary/aromatic N) is 3. The second-order valence-corrected chi connectivity index (χ2v) is 11.0. The van der Waals surface area contributed by atoms with Crippen LogP contribution >= 0.6 is 0 Å². The fourth-order valence-electron chi connectivity index (χ4n) is 4.24. The quantitative estimate of drug-likeness (QED) is 0.497. The lowest BCUT2D eigenvalue weighted by molar-refractivity contribution is -0.119.